The lowest BCUT2D eigenvalue weighted by Crippen LogP contribution is -2.53. The number of hydrogen-bond donors (Lipinski definition) is 2. The third-order valence-corrected chi connectivity index (χ3v) is 6.73. The molecule has 0 unspecified atom stereocenters. The zero-order valence-electron chi connectivity index (χ0n) is 17.2. The highest BCUT2D eigenvalue weighted by Crippen LogP contribution is 2.34. The molecule has 0 bridgehead atoms. The van der Waals surface area contributed by atoms with Gasteiger partial charge >= 0.3 is 0 Å². The highest BCUT2D eigenvalue weighted by Gasteiger charge is 2.32. The first-order valence-electron chi connectivity index (χ1n) is 10.2. The van der Waals surface area contributed by atoms with Gasteiger partial charge in [0.25, 0.3) is 0 Å². The molecular formula is C20H26N6O4S. The Balaban J connectivity index is 1.20. The minimum absolute atomic E-state index is 0.0768. The maximum Gasteiger partial charge on any atom is 0.239 e. The first-order chi connectivity index (χ1) is 15.0. The number of nitrogens with two attached hydrogens (primary N) is 1. The molecule has 166 valence electrons. The van der Waals surface area contributed by atoms with Gasteiger partial charge in [-0.1, -0.05) is 0 Å². The first-order valence-corrected chi connectivity index (χ1v) is 11.4. The fraction of sp³-hybridized carbons (Fsp3) is 0.550. The summed E-state index contributed by atoms with van der Waals surface area (Å²) in [6.45, 7) is 2.04. The summed E-state index contributed by atoms with van der Waals surface area (Å²) < 4.78 is 10.6. The number of likely N-dealkylation sites (tertiary alicyclic amines) is 1. The predicted octanol–water partition coefficient (Wildman–Crippen LogP) is 0.419. The number of benzene rings is 1. The fourth-order valence-electron chi connectivity index (χ4n) is 3.96. The van der Waals surface area contributed by atoms with E-state index in [0.717, 1.165) is 25.9 Å². The number of carbonyl (C=O) groups excluding carboxylic acids is 2. The van der Waals surface area contributed by atoms with E-state index in [1.807, 2.05) is 0 Å². The largest absolute Gasteiger partial charge is 0.454 e. The summed E-state index contributed by atoms with van der Waals surface area (Å²) in [4.78, 5) is 28.6. The molecule has 10 nitrogen and oxygen atoms in total. The van der Waals surface area contributed by atoms with E-state index in [1.165, 1.54) is 0 Å². The number of thioether (sulfide) groups is 1. The molecule has 0 radical (unpaired) electrons. The molecule has 2 amide bonds. The van der Waals surface area contributed by atoms with Gasteiger partial charge in [0.2, 0.25) is 18.6 Å². The molecule has 3 heterocycles. The number of amides is 2. The van der Waals surface area contributed by atoms with Gasteiger partial charge in [-0.25, -0.2) is 5.01 Å². The van der Waals surface area contributed by atoms with Gasteiger partial charge < -0.3 is 19.7 Å². The average molecular weight is 447 g/mol. The van der Waals surface area contributed by atoms with Crippen LogP contribution in [0.2, 0.25) is 0 Å². The molecule has 0 aliphatic carbocycles. The van der Waals surface area contributed by atoms with E-state index in [9.17, 15) is 9.59 Å². The van der Waals surface area contributed by atoms with Crippen LogP contribution >= 0.6 is 11.8 Å². The van der Waals surface area contributed by atoms with Gasteiger partial charge in [0.1, 0.15) is 6.04 Å². The first kappa shape index (κ1) is 21.7. The molecule has 3 aliphatic rings. The van der Waals surface area contributed by atoms with Gasteiger partial charge in [0.05, 0.1) is 25.0 Å². The van der Waals surface area contributed by atoms with E-state index in [1.54, 1.807) is 39.9 Å². The van der Waals surface area contributed by atoms with Crippen LogP contribution in [0.25, 0.3) is 0 Å². The predicted molar refractivity (Wildman–Crippen MR) is 115 cm³/mol. The number of anilines is 1. The van der Waals surface area contributed by atoms with Crippen LogP contribution in [0.3, 0.4) is 0 Å². The summed E-state index contributed by atoms with van der Waals surface area (Å²) in [5.74, 6) is 8.48. The van der Waals surface area contributed by atoms with Gasteiger partial charge in [-0.15, -0.1) is 11.8 Å². The molecule has 2 fully saturated rings. The van der Waals surface area contributed by atoms with Gasteiger partial charge in [-0.3, -0.25) is 20.3 Å². The number of nitriles is 1. The molecule has 3 aliphatic heterocycles. The minimum atomic E-state index is -0.365. The van der Waals surface area contributed by atoms with Crippen LogP contribution in [0.1, 0.15) is 12.8 Å². The van der Waals surface area contributed by atoms with E-state index >= 15 is 0 Å². The van der Waals surface area contributed by atoms with Gasteiger partial charge in [-0.05, 0) is 25.0 Å². The summed E-state index contributed by atoms with van der Waals surface area (Å²) in [5, 5.41) is 13.6. The highest BCUT2D eigenvalue weighted by molar-refractivity contribution is 7.99. The Bertz CT molecular complexity index is 870. The number of nitrogens with zero attached hydrogens (tertiary/aromatic N) is 4. The minimum Gasteiger partial charge on any atom is -0.454 e. The van der Waals surface area contributed by atoms with Crippen LogP contribution < -0.4 is 20.6 Å². The zero-order valence-corrected chi connectivity index (χ0v) is 18.0. The number of nitrogens with one attached hydrogen (secondary N) is 1. The molecule has 3 N–H and O–H groups in total. The van der Waals surface area contributed by atoms with Crippen LogP contribution in [0.15, 0.2) is 18.2 Å². The van der Waals surface area contributed by atoms with Crippen molar-refractivity contribution < 1.29 is 19.1 Å². The lowest BCUT2D eigenvalue weighted by molar-refractivity contribution is -0.132. The molecule has 4 rings (SSSR count). The van der Waals surface area contributed by atoms with E-state index < -0.39 is 0 Å². The number of ether oxygens (including phenoxy) is 2. The fourth-order valence-corrected chi connectivity index (χ4v) is 5.06. The molecule has 31 heavy (non-hydrogen) atoms. The number of carbonyl (C=O) groups is 2. The van der Waals surface area contributed by atoms with Crippen molar-refractivity contribution in [3.8, 4) is 17.6 Å². The Kier molecular flexibility index (Phi) is 6.82. The Morgan fingerprint density at radius 3 is 2.84 bits per heavy atom. The Morgan fingerprint density at radius 1 is 1.29 bits per heavy atom. The summed E-state index contributed by atoms with van der Waals surface area (Å²) in [6, 6.07) is 7.20. The van der Waals surface area contributed by atoms with Crippen molar-refractivity contribution in [2.24, 2.45) is 5.84 Å². The number of fused-ring (bicyclic) bond motifs is 1. The second-order valence-electron chi connectivity index (χ2n) is 7.80. The SMILES string of the molecule is N#C[C@@H]1CSCN1C(=O)CN(N)C1CCN(CC(=O)Nc2ccc3c(c2)OCO3)CC1. The molecule has 1 aromatic carbocycles. The third-order valence-electron chi connectivity index (χ3n) is 5.72. The molecule has 0 aromatic heterocycles. The summed E-state index contributed by atoms with van der Waals surface area (Å²) >= 11 is 1.58. The smallest absolute Gasteiger partial charge is 0.239 e. The normalized spacial score (nSPS) is 21.3. The van der Waals surface area contributed by atoms with Crippen molar-refractivity contribution in [1.29, 1.82) is 5.26 Å². The Hall–Kier alpha value is -2.52. The molecule has 0 saturated carbocycles. The number of hydrogen-bond acceptors (Lipinski definition) is 9. The summed E-state index contributed by atoms with van der Waals surface area (Å²) in [6.07, 6.45) is 1.55. The second kappa shape index (κ2) is 9.74. The van der Waals surface area contributed by atoms with Crippen molar-refractivity contribution in [1.82, 2.24) is 14.8 Å². The van der Waals surface area contributed by atoms with Crippen molar-refractivity contribution in [3.05, 3.63) is 18.2 Å². The van der Waals surface area contributed by atoms with E-state index in [0.29, 0.717) is 35.4 Å². The third kappa shape index (κ3) is 5.22. The maximum absolute atomic E-state index is 12.5. The van der Waals surface area contributed by atoms with Gasteiger partial charge in [0.15, 0.2) is 11.5 Å². The van der Waals surface area contributed by atoms with Gasteiger partial charge in [-0.2, -0.15) is 5.26 Å². The molecular weight excluding hydrogens is 420 g/mol. The molecule has 1 atom stereocenters. The number of rotatable bonds is 6. The Labute approximate surface area is 185 Å². The van der Waals surface area contributed by atoms with Crippen LogP contribution in [0, 0.1) is 11.3 Å². The van der Waals surface area contributed by atoms with Crippen LogP contribution in [0.5, 0.6) is 11.5 Å². The lowest BCUT2D eigenvalue weighted by Gasteiger charge is -2.36. The molecule has 11 heteroatoms. The van der Waals surface area contributed by atoms with E-state index in [4.69, 9.17) is 20.6 Å². The van der Waals surface area contributed by atoms with Crippen LogP contribution in [0.4, 0.5) is 5.69 Å². The molecule has 2 saturated heterocycles. The van der Waals surface area contributed by atoms with E-state index in [2.05, 4.69) is 16.3 Å². The standard InChI is InChI=1S/C20H26N6O4S/c21-8-16-11-31-12-25(16)20(28)10-26(22)15-3-5-24(6-4-15)9-19(27)23-14-1-2-17-18(7-14)30-13-29-17/h1-2,7,15-16H,3-6,9-13,22H2,(H,23,27)/t16-/m1/s1. The maximum atomic E-state index is 12.5. The zero-order chi connectivity index (χ0) is 21.8. The summed E-state index contributed by atoms with van der Waals surface area (Å²) in [5.41, 5.74) is 0.673. The lowest BCUT2D eigenvalue weighted by atomic mass is 10.0. The van der Waals surface area contributed by atoms with Gasteiger partial charge in [0, 0.05) is 36.6 Å². The molecule has 1 aromatic rings. The van der Waals surface area contributed by atoms with Crippen molar-refractivity contribution >= 4 is 29.3 Å². The number of hydrazine groups is 1. The highest BCUT2D eigenvalue weighted by atomic mass is 32.2. The molecule has 0 spiro atoms. The second-order valence-corrected chi connectivity index (χ2v) is 8.80. The Morgan fingerprint density at radius 2 is 2.06 bits per heavy atom. The van der Waals surface area contributed by atoms with Crippen molar-refractivity contribution in [3.63, 3.8) is 0 Å². The topological polar surface area (TPSA) is 124 Å². The quantitative estimate of drug-likeness (QED) is 0.472. The average Bonchev–Trinajstić information content (AvgIpc) is 3.43. The number of piperidine rings is 1. The van der Waals surface area contributed by atoms with Crippen molar-refractivity contribution in [2.75, 3.05) is 49.9 Å². The summed E-state index contributed by atoms with van der Waals surface area (Å²) in [7, 11) is 0. The van der Waals surface area contributed by atoms with E-state index in [-0.39, 0.29) is 37.2 Å². The van der Waals surface area contributed by atoms with Crippen molar-refractivity contribution in [2.45, 2.75) is 24.9 Å². The monoisotopic (exact) mass is 446 g/mol. The van der Waals surface area contributed by atoms with Crippen LogP contribution in [-0.4, -0.2) is 83.3 Å². The van der Waals surface area contributed by atoms with Crippen LogP contribution in [-0.2, 0) is 9.59 Å².